The molecule has 1 aromatic rings. The molecule has 0 aliphatic rings. The normalized spacial score (nSPS) is 15.8. The van der Waals surface area contributed by atoms with Gasteiger partial charge in [0, 0.05) is 6.26 Å². The third-order valence-electron chi connectivity index (χ3n) is 2.20. The maximum atomic E-state index is 11.2. The Labute approximate surface area is 93.9 Å². The predicted octanol–water partition coefficient (Wildman–Crippen LogP) is -0.523. The van der Waals surface area contributed by atoms with Gasteiger partial charge in [-0.15, -0.1) is 0 Å². The number of aliphatic hydroxyl groups excluding tert-OH is 3. The molecule has 5 nitrogen and oxygen atoms in total. The lowest BCUT2D eigenvalue weighted by atomic mass is 10.1. The van der Waals surface area contributed by atoms with Crippen molar-refractivity contribution in [3.05, 3.63) is 29.8 Å². The fourth-order valence-electron chi connectivity index (χ4n) is 1.23. The lowest BCUT2D eigenvalue weighted by Crippen LogP contribution is -2.22. The van der Waals surface area contributed by atoms with Crippen molar-refractivity contribution in [3.8, 4) is 0 Å². The van der Waals surface area contributed by atoms with E-state index in [-0.39, 0.29) is 4.90 Å². The summed E-state index contributed by atoms with van der Waals surface area (Å²) in [6.45, 7) is -0.561. The zero-order valence-electron chi connectivity index (χ0n) is 8.74. The van der Waals surface area contributed by atoms with E-state index in [2.05, 4.69) is 0 Å². The average Bonchev–Trinajstić information content (AvgIpc) is 2.26. The van der Waals surface area contributed by atoms with Gasteiger partial charge in [-0.25, -0.2) is 8.42 Å². The molecule has 0 aliphatic carbocycles. The van der Waals surface area contributed by atoms with Gasteiger partial charge in [-0.1, -0.05) is 12.1 Å². The second kappa shape index (κ2) is 4.92. The number of benzene rings is 1. The molecule has 1 rings (SSSR count). The molecule has 0 fully saturated rings. The highest BCUT2D eigenvalue weighted by Crippen LogP contribution is 2.19. The molecule has 2 atom stereocenters. The third-order valence-corrected chi connectivity index (χ3v) is 3.33. The minimum atomic E-state index is -3.26. The molecule has 0 amide bonds. The molecule has 0 spiro atoms. The van der Waals surface area contributed by atoms with Crippen molar-refractivity contribution >= 4 is 9.84 Å². The molecule has 0 unspecified atom stereocenters. The van der Waals surface area contributed by atoms with Gasteiger partial charge in [0.25, 0.3) is 0 Å². The van der Waals surface area contributed by atoms with Gasteiger partial charge < -0.3 is 15.3 Å². The van der Waals surface area contributed by atoms with Crippen LogP contribution in [-0.4, -0.2) is 42.7 Å². The van der Waals surface area contributed by atoms with E-state index in [0.717, 1.165) is 6.26 Å². The van der Waals surface area contributed by atoms with Crippen molar-refractivity contribution in [2.24, 2.45) is 0 Å². The predicted molar refractivity (Wildman–Crippen MR) is 57.6 cm³/mol. The van der Waals surface area contributed by atoms with Crippen molar-refractivity contribution in [1.82, 2.24) is 0 Å². The van der Waals surface area contributed by atoms with Crippen molar-refractivity contribution in [3.63, 3.8) is 0 Å². The van der Waals surface area contributed by atoms with Gasteiger partial charge in [0.1, 0.15) is 12.2 Å². The van der Waals surface area contributed by atoms with Gasteiger partial charge >= 0.3 is 0 Å². The summed E-state index contributed by atoms with van der Waals surface area (Å²) < 4.78 is 22.3. The summed E-state index contributed by atoms with van der Waals surface area (Å²) in [5, 5.41) is 27.4. The van der Waals surface area contributed by atoms with E-state index in [1.807, 2.05) is 0 Å². The van der Waals surface area contributed by atoms with Crippen molar-refractivity contribution < 1.29 is 23.7 Å². The summed E-state index contributed by atoms with van der Waals surface area (Å²) in [6.07, 6.45) is -1.41. The Morgan fingerprint density at radius 2 is 1.69 bits per heavy atom. The minimum Gasteiger partial charge on any atom is -0.394 e. The van der Waals surface area contributed by atoms with Crippen LogP contribution in [0.3, 0.4) is 0 Å². The summed E-state index contributed by atoms with van der Waals surface area (Å²) >= 11 is 0. The van der Waals surface area contributed by atoms with E-state index in [1.165, 1.54) is 24.3 Å². The van der Waals surface area contributed by atoms with Crippen LogP contribution in [0.5, 0.6) is 0 Å². The van der Waals surface area contributed by atoms with E-state index < -0.39 is 28.7 Å². The second-order valence-electron chi connectivity index (χ2n) is 3.54. The van der Waals surface area contributed by atoms with Crippen molar-refractivity contribution in [2.45, 2.75) is 17.1 Å². The van der Waals surface area contributed by atoms with Gasteiger partial charge in [0.15, 0.2) is 9.84 Å². The van der Waals surface area contributed by atoms with Crippen LogP contribution in [0, 0.1) is 0 Å². The van der Waals surface area contributed by atoms with Crippen LogP contribution in [0.4, 0.5) is 0 Å². The summed E-state index contributed by atoms with van der Waals surface area (Å²) in [5.74, 6) is 0. The highest BCUT2D eigenvalue weighted by molar-refractivity contribution is 7.90. The van der Waals surface area contributed by atoms with Crippen LogP contribution in [0.2, 0.25) is 0 Å². The SMILES string of the molecule is CS(=O)(=O)c1ccc([C@@H](O)[C@H](O)CO)cc1. The highest BCUT2D eigenvalue weighted by atomic mass is 32.2. The first kappa shape index (κ1) is 13.1. The van der Waals surface area contributed by atoms with Gasteiger partial charge in [-0.2, -0.15) is 0 Å². The second-order valence-corrected chi connectivity index (χ2v) is 5.55. The van der Waals surface area contributed by atoms with Crippen molar-refractivity contribution in [2.75, 3.05) is 12.9 Å². The molecular weight excluding hydrogens is 232 g/mol. The molecule has 1 aromatic carbocycles. The molecule has 0 saturated heterocycles. The van der Waals surface area contributed by atoms with Crippen LogP contribution in [0.15, 0.2) is 29.2 Å². The zero-order chi connectivity index (χ0) is 12.3. The quantitative estimate of drug-likeness (QED) is 0.664. The molecule has 3 N–H and O–H groups in total. The standard InChI is InChI=1S/C10H14O5S/c1-16(14,15)8-4-2-7(3-5-8)10(13)9(12)6-11/h2-5,9-13H,6H2,1H3/t9-,10-/m1/s1. The fraction of sp³-hybridized carbons (Fsp3) is 0.400. The van der Waals surface area contributed by atoms with Gasteiger partial charge in [0.05, 0.1) is 11.5 Å². The first-order valence-corrected chi connectivity index (χ1v) is 6.52. The van der Waals surface area contributed by atoms with Crippen molar-refractivity contribution in [1.29, 1.82) is 0 Å². The fourth-order valence-corrected chi connectivity index (χ4v) is 1.86. The number of rotatable bonds is 4. The highest BCUT2D eigenvalue weighted by Gasteiger charge is 2.17. The smallest absolute Gasteiger partial charge is 0.175 e. The van der Waals surface area contributed by atoms with E-state index in [0.29, 0.717) is 5.56 Å². The number of hydrogen-bond acceptors (Lipinski definition) is 5. The Balaban J connectivity index is 2.96. The van der Waals surface area contributed by atoms with Gasteiger partial charge in [-0.3, -0.25) is 0 Å². The van der Waals surface area contributed by atoms with E-state index in [4.69, 9.17) is 5.11 Å². The summed E-state index contributed by atoms with van der Waals surface area (Å²) in [4.78, 5) is 0.141. The summed E-state index contributed by atoms with van der Waals surface area (Å²) in [5.41, 5.74) is 0.356. The first-order valence-electron chi connectivity index (χ1n) is 4.63. The molecule has 16 heavy (non-hydrogen) atoms. The summed E-state index contributed by atoms with van der Waals surface area (Å²) in [6, 6.07) is 5.50. The maximum Gasteiger partial charge on any atom is 0.175 e. The molecule has 90 valence electrons. The maximum absolute atomic E-state index is 11.2. The minimum absolute atomic E-state index is 0.141. The molecular formula is C10H14O5S. The van der Waals surface area contributed by atoms with E-state index in [1.54, 1.807) is 0 Å². The lowest BCUT2D eigenvalue weighted by Gasteiger charge is -2.15. The molecule has 6 heteroatoms. The third kappa shape index (κ3) is 3.02. The molecule has 0 saturated carbocycles. The Hall–Kier alpha value is -0.950. The lowest BCUT2D eigenvalue weighted by molar-refractivity contribution is -0.0152. The number of hydrogen-bond donors (Lipinski definition) is 3. The van der Waals surface area contributed by atoms with Gasteiger partial charge in [0.2, 0.25) is 0 Å². The zero-order valence-corrected chi connectivity index (χ0v) is 9.55. The Bertz CT molecular complexity index is 437. The van der Waals surface area contributed by atoms with Crippen LogP contribution < -0.4 is 0 Å². The molecule has 0 aromatic heterocycles. The van der Waals surface area contributed by atoms with Crippen LogP contribution in [0.1, 0.15) is 11.7 Å². The largest absolute Gasteiger partial charge is 0.394 e. The van der Waals surface area contributed by atoms with Crippen LogP contribution >= 0.6 is 0 Å². The van der Waals surface area contributed by atoms with E-state index in [9.17, 15) is 18.6 Å². The molecule has 0 aliphatic heterocycles. The first-order chi connectivity index (χ1) is 7.36. The Morgan fingerprint density at radius 3 is 2.06 bits per heavy atom. The molecule has 0 heterocycles. The number of sulfone groups is 1. The number of aliphatic hydroxyl groups is 3. The summed E-state index contributed by atoms with van der Waals surface area (Å²) in [7, 11) is -3.26. The molecule has 0 bridgehead atoms. The van der Waals surface area contributed by atoms with Crippen LogP contribution in [-0.2, 0) is 9.84 Å². The average molecular weight is 246 g/mol. The Morgan fingerprint density at radius 1 is 1.19 bits per heavy atom. The topological polar surface area (TPSA) is 94.8 Å². The van der Waals surface area contributed by atoms with E-state index >= 15 is 0 Å². The van der Waals surface area contributed by atoms with Gasteiger partial charge in [-0.05, 0) is 17.7 Å². The van der Waals surface area contributed by atoms with Crippen LogP contribution in [0.25, 0.3) is 0 Å². The molecule has 0 radical (unpaired) electrons. The monoisotopic (exact) mass is 246 g/mol. The Kier molecular flexibility index (Phi) is 4.03.